The third-order valence-electron chi connectivity index (χ3n) is 4.00. The summed E-state index contributed by atoms with van der Waals surface area (Å²) >= 11 is 2.29. The number of halogens is 1. The number of aromatic nitrogens is 2. The third kappa shape index (κ3) is 2.65. The summed E-state index contributed by atoms with van der Waals surface area (Å²) in [5.41, 5.74) is 0.969. The fraction of sp³-hybridized carbons (Fsp3) is 0.714. The number of ether oxygens (including phenoxy) is 2. The minimum absolute atomic E-state index is 0.310. The second kappa shape index (κ2) is 6.11. The van der Waals surface area contributed by atoms with Gasteiger partial charge in [-0.05, 0) is 48.8 Å². The van der Waals surface area contributed by atoms with Gasteiger partial charge in [0.05, 0.1) is 28.1 Å². The van der Waals surface area contributed by atoms with E-state index in [1.54, 1.807) is 7.11 Å². The van der Waals surface area contributed by atoms with Crippen LogP contribution in [-0.2, 0) is 16.1 Å². The second-order valence-electron chi connectivity index (χ2n) is 5.37. The van der Waals surface area contributed by atoms with E-state index in [9.17, 15) is 0 Å². The molecule has 3 unspecified atom stereocenters. The molecule has 6 heteroatoms. The molecule has 0 aromatic carbocycles. The average molecular weight is 389 g/mol. The standard InChI is InChI=1S/C14H20IN3O2/c1-3-16-14-12(15)10(7-19-2)17-13(18-14)9-6-8-4-5-11(9)20-8/h8-9,11H,3-7H2,1-2H3,(H,16,17,18). The predicted octanol–water partition coefficient (Wildman–Crippen LogP) is 2.69. The molecular weight excluding hydrogens is 369 g/mol. The molecule has 2 bridgehead atoms. The first-order valence-corrected chi connectivity index (χ1v) is 8.25. The van der Waals surface area contributed by atoms with E-state index in [2.05, 4.69) is 34.8 Å². The van der Waals surface area contributed by atoms with Crippen molar-refractivity contribution in [1.29, 1.82) is 0 Å². The Morgan fingerprint density at radius 2 is 2.25 bits per heavy atom. The van der Waals surface area contributed by atoms with Crippen molar-refractivity contribution < 1.29 is 9.47 Å². The van der Waals surface area contributed by atoms with Gasteiger partial charge in [0, 0.05) is 19.6 Å². The van der Waals surface area contributed by atoms with Crippen molar-refractivity contribution in [3.63, 3.8) is 0 Å². The van der Waals surface area contributed by atoms with E-state index >= 15 is 0 Å². The van der Waals surface area contributed by atoms with Crippen molar-refractivity contribution in [2.45, 2.75) is 50.9 Å². The van der Waals surface area contributed by atoms with Crippen molar-refractivity contribution in [3.05, 3.63) is 15.1 Å². The van der Waals surface area contributed by atoms with Crippen LogP contribution in [0.3, 0.4) is 0 Å². The topological polar surface area (TPSA) is 56.3 Å². The van der Waals surface area contributed by atoms with Crippen LogP contribution in [0.1, 0.15) is 43.6 Å². The molecule has 0 spiro atoms. The van der Waals surface area contributed by atoms with Crippen LogP contribution in [-0.4, -0.2) is 35.8 Å². The Kier molecular flexibility index (Phi) is 4.42. The summed E-state index contributed by atoms with van der Waals surface area (Å²) in [5.74, 6) is 2.19. The lowest BCUT2D eigenvalue weighted by atomic mass is 9.88. The fourth-order valence-electron chi connectivity index (χ4n) is 3.10. The highest BCUT2D eigenvalue weighted by Crippen LogP contribution is 2.43. The van der Waals surface area contributed by atoms with Crippen molar-refractivity contribution >= 4 is 28.4 Å². The summed E-state index contributed by atoms with van der Waals surface area (Å²) in [4.78, 5) is 9.48. The number of hydrogen-bond acceptors (Lipinski definition) is 5. The molecule has 2 fully saturated rings. The molecule has 0 aliphatic carbocycles. The molecule has 3 heterocycles. The predicted molar refractivity (Wildman–Crippen MR) is 84.9 cm³/mol. The SMILES string of the molecule is CCNc1nc(C2CC3CCC2O3)nc(COC)c1I. The van der Waals surface area contributed by atoms with Gasteiger partial charge in [-0.15, -0.1) is 0 Å². The Bertz CT molecular complexity index is 470. The zero-order valence-corrected chi connectivity index (χ0v) is 14.0. The maximum Gasteiger partial charge on any atom is 0.143 e. The van der Waals surface area contributed by atoms with Crippen LogP contribution in [0.5, 0.6) is 0 Å². The number of anilines is 1. The number of nitrogens with zero attached hydrogens (tertiary/aromatic N) is 2. The summed E-state index contributed by atoms with van der Waals surface area (Å²) in [6.07, 6.45) is 4.12. The van der Waals surface area contributed by atoms with Crippen LogP contribution in [0.2, 0.25) is 0 Å². The molecule has 0 amide bonds. The van der Waals surface area contributed by atoms with Crippen LogP contribution >= 0.6 is 22.6 Å². The molecule has 110 valence electrons. The van der Waals surface area contributed by atoms with Gasteiger partial charge in [-0.3, -0.25) is 0 Å². The molecule has 2 aliphatic rings. The van der Waals surface area contributed by atoms with Crippen molar-refractivity contribution in [2.24, 2.45) is 0 Å². The first-order chi connectivity index (χ1) is 9.72. The molecule has 5 nitrogen and oxygen atoms in total. The van der Waals surface area contributed by atoms with Crippen LogP contribution in [0.25, 0.3) is 0 Å². The van der Waals surface area contributed by atoms with Gasteiger partial charge >= 0.3 is 0 Å². The lowest BCUT2D eigenvalue weighted by molar-refractivity contribution is 0.0998. The van der Waals surface area contributed by atoms with E-state index in [0.29, 0.717) is 24.7 Å². The number of hydrogen-bond donors (Lipinski definition) is 1. The minimum atomic E-state index is 0.310. The highest BCUT2D eigenvalue weighted by Gasteiger charge is 2.43. The van der Waals surface area contributed by atoms with Crippen molar-refractivity contribution in [1.82, 2.24) is 9.97 Å². The summed E-state index contributed by atoms with van der Waals surface area (Å²) in [6.45, 7) is 3.45. The van der Waals surface area contributed by atoms with Gasteiger partial charge in [0.1, 0.15) is 11.6 Å². The van der Waals surface area contributed by atoms with Gasteiger partial charge in [0.15, 0.2) is 0 Å². The lowest BCUT2D eigenvalue weighted by Gasteiger charge is -2.19. The number of rotatable bonds is 5. The Hall–Kier alpha value is -0.470. The molecule has 3 rings (SSSR count). The summed E-state index contributed by atoms with van der Waals surface area (Å²) in [5, 5.41) is 3.33. The van der Waals surface area contributed by atoms with E-state index in [4.69, 9.17) is 19.4 Å². The Morgan fingerprint density at radius 1 is 1.40 bits per heavy atom. The third-order valence-corrected chi connectivity index (χ3v) is 5.13. The summed E-state index contributed by atoms with van der Waals surface area (Å²) < 4.78 is 12.3. The van der Waals surface area contributed by atoms with Crippen LogP contribution in [0.4, 0.5) is 5.82 Å². The molecule has 1 aromatic rings. The monoisotopic (exact) mass is 389 g/mol. The zero-order valence-electron chi connectivity index (χ0n) is 11.9. The molecule has 0 saturated carbocycles. The second-order valence-corrected chi connectivity index (χ2v) is 6.45. The van der Waals surface area contributed by atoms with Crippen molar-refractivity contribution in [2.75, 3.05) is 19.0 Å². The molecule has 0 radical (unpaired) electrons. The smallest absolute Gasteiger partial charge is 0.143 e. The van der Waals surface area contributed by atoms with Crippen LogP contribution in [0.15, 0.2) is 0 Å². The van der Waals surface area contributed by atoms with E-state index in [0.717, 1.165) is 40.3 Å². The fourth-order valence-corrected chi connectivity index (χ4v) is 3.69. The summed E-state index contributed by atoms with van der Waals surface area (Å²) in [7, 11) is 1.70. The van der Waals surface area contributed by atoms with Gasteiger partial charge in [-0.2, -0.15) is 0 Å². The number of nitrogens with one attached hydrogen (secondary N) is 1. The molecule has 3 atom stereocenters. The van der Waals surface area contributed by atoms with Gasteiger partial charge in [-0.25, -0.2) is 9.97 Å². The molecule has 20 heavy (non-hydrogen) atoms. The Labute approximate surface area is 133 Å². The van der Waals surface area contributed by atoms with Crippen LogP contribution in [0, 0.1) is 3.57 Å². The molecule has 2 aliphatic heterocycles. The number of fused-ring (bicyclic) bond motifs is 2. The minimum Gasteiger partial charge on any atom is -0.378 e. The average Bonchev–Trinajstić information content (AvgIpc) is 3.06. The molecule has 1 aromatic heterocycles. The highest BCUT2D eigenvalue weighted by molar-refractivity contribution is 14.1. The van der Waals surface area contributed by atoms with Gasteiger partial charge in [-0.1, -0.05) is 0 Å². The number of methoxy groups -OCH3 is 1. The Balaban J connectivity index is 1.93. The molecule has 2 saturated heterocycles. The quantitative estimate of drug-likeness (QED) is 0.785. The van der Waals surface area contributed by atoms with Crippen LogP contribution < -0.4 is 5.32 Å². The Morgan fingerprint density at radius 3 is 2.85 bits per heavy atom. The normalized spacial score (nSPS) is 28.1. The van der Waals surface area contributed by atoms with E-state index in [1.807, 2.05) is 0 Å². The summed E-state index contributed by atoms with van der Waals surface area (Å²) in [6, 6.07) is 0. The molecule has 1 N–H and O–H groups in total. The largest absolute Gasteiger partial charge is 0.378 e. The maximum atomic E-state index is 5.94. The van der Waals surface area contributed by atoms with Gasteiger partial charge < -0.3 is 14.8 Å². The van der Waals surface area contributed by atoms with E-state index in [1.165, 1.54) is 6.42 Å². The van der Waals surface area contributed by atoms with Gasteiger partial charge in [0.2, 0.25) is 0 Å². The zero-order chi connectivity index (χ0) is 14.1. The van der Waals surface area contributed by atoms with Crippen molar-refractivity contribution in [3.8, 4) is 0 Å². The van der Waals surface area contributed by atoms with E-state index < -0.39 is 0 Å². The first-order valence-electron chi connectivity index (χ1n) is 7.17. The first kappa shape index (κ1) is 14.5. The van der Waals surface area contributed by atoms with E-state index in [-0.39, 0.29) is 0 Å². The van der Waals surface area contributed by atoms with Gasteiger partial charge in [0.25, 0.3) is 0 Å². The highest BCUT2D eigenvalue weighted by atomic mass is 127. The molecular formula is C14H20IN3O2. The lowest BCUT2D eigenvalue weighted by Crippen LogP contribution is -2.20. The maximum absolute atomic E-state index is 5.94.